The van der Waals surface area contributed by atoms with E-state index in [1.165, 1.54) is 0 Å². The molecular formula is C20H30IN7O. The summed E-state index contributed by atoms with van der Waals surface area (Å²) in [7, 11) is 3.68. The zero-order chi connectivity index (χ0) is 19.9. The van der Waals surface area contributed by atoms with Gasteiger partial charge in [0.25, 0.3) is 0 Å². The van der Waals surface area contributed by atoms with Crippen molar-refractivity contribution in [3.8, 4) is 5.75 Å². The minimum absolute atomic E-state index is 0. The molecule has 9 heteroatoms. The summed E-state index contributed by atoms with van der Waals surface area (Å²) in [5.74, 6) is 3.52. The molecule has 0 aliphatic carbocycles. The molecule has 1 aromatic heterocycles. The lowest BCUT2D eigenvalue weighted by Crippen LogP contribution is -2.52. The topological polar surface area (TPSA) is 70.8 Å². The fourth-order valence-electron chi connectivity index (χ4n) is 3.22. The molecule has 2 heterocycles. The van der Waals surface area contributed by atoms with Crippen molar-refractivity contribution in [1.82, 2.24) is 25.0 Å². The van der Waals surface area contributed by atoms with Gasteiger partial charge < -0.3 is 24.4 Å². The second-order valence-electron chi connectivity index (χ2n) is 6.68. The number of para-hydroxylation sites is 2. The monoisotopic (exact) mass is 511 g/mol. The maximum Gasteiger partial charge on any atom is 0.194 e. The number of benzene rings is 1. The first-order chi connectivity index (χ1) is 13.6. The zero-order valence-electron chi connectivity index (χ0n) is 17.3. The van der Waals surface area contributed by atoms with E-state index < -0.39 is 0 Å². The van der Waals surface area contributed by atoms with Crippen LogP contribution in [-0.4, -0.2) is 65.5 Å². The van der Waals surface area contributed by atoms with E-state index in [1.807, 2.05) is 42.8 Å². The lowest BCUT2D eigenvalue weighted by Gasteiger charge is -2.38. The minimum atomic E-state index is 0. The van der Waals surface area contributed by atoms with Crippen LogP contribution in [0.4, 0.5) is 5.69 Å². The number of piperazine rings is 1. The molecular weight excluding hydrogens is 481 g/mol. The van der Waals surface area contributed by atoms with Crippen LogP contribution in [0.5, 0.6) is 5.75 Å². The number of hydrogen-bond donors (Lipinski definition) is 1. The van der Waals surface area contributed by atoms with Crippen LogP contribution in [0, 0.1) is 6.92 Å². The van der Waals surface area contributed by atoms with Gasteiger partial charge in [0.15, 0.2) is 11.8 Å². The number of ether oxygens (including phenoxy) is 1. The number of aromatic nitrogens is 3. The number of nitrogens with zero attached hydrogens (tertiary/aromatic N) is 6. The van der Waals surface area contributed by atoms with Crippen molar-refractivity contribution < 1.29 is 4.74 Å². The molecule has 0 bridgehead atoms. The van der Waals surface area contributed by atoms with Gasteiger partial charge in [0.05, 0.1) is 12.8 Å². The van der Waals surface area contributed by atoms with Crippen molar-refractivity contribution >= 4 is 35.6 Å². The van der Waals surface area contributed by atoms with E-state index in [0.29, 0.717) is 13.1 Å². The van der Waals surface area contributed by atoms with Crippen LogP contribution in [-0.2, 0) is 13.6 Å². The summed E-state index contributed by atoms with van der Waals surface area (Å²) in [6.07, 6.45) is 1.84. The number of hydrogen-bond acceptors (Lipinski definition) is 5. The molecule has 0 amide bonds. The summed E-state index contributed by atoms with van der Waals surface area (Å²) in [6, 6.07) is 8.15. The largest absolute Gasteiger partial charge is 0.495 e. The molecule has 3 rings (SSSR count). The molecule has 1 saturated heterocycles. The Labute approximate surface area is 189 Å². The molecule has 1 aliphatic heterocycles. The quantitative estimate of drug-likeness (QED) is 0.278. The molecule has 0 saturated carbocycles. The normalized spacial score (nSPS) is 14.4. The van der Waals surface area contributed by atoms with Gasteiger partial charge in [0, 0.05) is 39.8 Å². The minimum Gasteiger partial charge on any atom is -0.495 e. The van der Waals surface area contributed by atoms with Gasteiger partial charge in [-0.05, 0) is 19.1 Å². The number of aliphatic imine (C=N–C) groups is 1. The third-order valence-corrected chi connectivity index (χ3v) is 4.96. The van der Waals surface area contributed by atoms with Gasteiger partial charge >= 0.3 is 0 Å². The summed E-state index contributed by atoms with van der Waals surface area (Å²) in [5.41, 5.74) is 1.14. The van der Waals surface area contributed by atoms with Crippen molar-refractivity contribution in [2.75, 3.05) is 44.7 Å². The van der Waals surface area contributed by atoms with Gasteiger partial charge in [-0.3, -0.25) is 0 Å². The Morgan fingerprint density at radius 3 is 2.59 bits per heavy atom. The molecule has 29 heavy (non-hydrogen) atoms. The maximum absolute atomic E-state index is 5.51. The first-order valence-corrected chi connectivity index (χ1v) is 9.51. The van der Waals surface area contributed by atoms with Gasteiger partial charge in [0.1, 0.15) is 18.1 Å². The molecule has 1 aliphatic rings. The molecule has 1 aromatic carbocycles. The molecule has 0 spiro atoms. The van der Waals surface area contributed by atoms with Crippen LogP contribution < -0.4 is 15.0 Å². The number of methoxy groups -OCH3 is 1. The first kappa shape index (κ1) is 23.0. The average molecular weight is 511 g/mol. The van der Waals surface area contributed by atoms with E-state index in [-0.39, 0.29) is 24.0 Å². The first-order valence-electron chi connectivity index (χ1n) is 9.51. The number of guanidine groups is 1. The van der Waals surface area contributed by atoms with Crippen LogP contribution in [0.15, 0.2) is 41.9 Å². The Hall–Kier alpha value is -2.30. The predicted octanol–water partition coefficient (Wildman–Crippen LogP) is 2.20. The van der Waals surface area contributed by atoms with Crippen molar-refractivity contribution in [3.05, 3.63) is 48.6 Å². The SMILES string of the molecule is C=CCNC(=NCc1nnc(C)n1C)N1CCN(c2ccccc2OC)CC1.I. The molecule has 1 N–H and O–H groups in total. The lowest BCUT2D eigenvalue weighted by atomic mass is 10.2. The average Bonchev–Trinajstić information content (AvgIpc) is 3.06. The summed E-state index contributed by atoms with van der Waals surface area (Å²) < 4.78 is 7.48. The van der Waals surface area contributed by atoms with E-state index in [2.05, 4.69) is 38.0 Å². The van der Waals surface area contributed by atoms with Crippen molar-refractivity contribution in [1.29, 1.82) is 0 Å². The predicted molar refractivity (Wildman–Crippen MR) is 127 cm³/mol. The number of anilines is 1. The summed E-state index contributed by atoms with van der Waals surface area (Å²) in [4.78, 5) is 9.41. The third kappa shape index (κ3) is 5.62. The number of halogens is 1. The van der Waals surface area contributed by atoms with Gasteiger partial charge in [-0.15, -0.1) is 40.8 Å². The summed E-state index contributed by atoms with van der Waals surface area (Å²) in [5, 5.41) is 11.7. The Morgan fingerprint density at radius 2 is 1.97 bits per heavy atom. The highest BCUT2D eigenvalue weighted by Crippen LogP contribution is 2.28. The fourth-order valence-corrected chi connectivity index (χ4v) is 3.22. The van der Waals surface area contributed by atoms with Crippen LogP contribution in [0.1, 0.15) is 11.6 Å². The van der Waals surface area contributed by atoms with E-state index in [4.69, 9.17) is 9.73 Å². The molecule has 0 unspecified atom stereocenters. The Balaban J connectivity index is 0.00000300. The molecule has 0 atom stereocenters. The Morgan fingerprint density at radius 1 is 1.24 bits per heavy atom. The van der Waals surface area contributed by atoms with E-state index in [1.54, 1.807) is 7.11 Å². The van der Waals surface area contributed by atoms with E-state index in [9.17, 15) is 0 Å². The molecule has 158 valence electrons. The second-order valence-corrected chi connectivity index (χ2v) is 6.68. The number of aryl methyl sites for hydroxylation is 1. The van der Waals surface area contributed by atoms with E-state index in [0.717, 1.165) is 55.2 Å². The fraction of sp³-hybridized carbons (Fsp3) is 0.450. The van der Waals surface area contributed by atoms with Gasteiger partial charge in [0.2, 0.25) is 0 Å². The number of nitrogens with one attached hydrogen (secondary N) is 1. The number of rotatable bonds is 6. The third-order valence-electron chi connectivity index (χ3n) is 4.96. The maximum atomic E-state index is 5.51. The molecule has 2 aromatic rings. The smallest absolute Gasteiger partial charge is 0.194 e. The van der Waals surface area contributed by atoms with Crippen molar-refractivity contribution in [3.63, 3.8) is 0 Å². The van der Waals surface area contributed by atoms with Crippen LogP contribution >= 0.6 is 24.0 Å². The second kappa shape index (κ2) is 11.0. The van der Waals surface area contributed by atoms with Crippen LogP contribution in [0.25, 0.3) is 0 Å². The molecule has 1 fully saturated rings. The highest BCUT2D eigenvalue weighted by Gasteiger charge is 2.21. The van der Waals surface area contributed by atoms with Gasteiger partial charge in [-0.2, -0.15) is 0 Å². The Kier molecular flexibility index (Phi) is 8.74. The van der Waals surface area contributed by atoms with E-state index >= 15 is 0 Å². The Bertz CT molecular complexity index is 828. The van der Waals surface area contributed by atoms with Crippen molar-refractivity contribution in [2.45, 2.75) is 13.5 Å². The zero-order valence-corrected chi connectivity index (χ0v) is 19.7. The standard InChI is InChI=1S/C20H29N7O.HI/c1-5-10-21-20(22-15-19-24-23-16(2)25(19)3)27-13-11-26(12-14-27)17-8-6-7-9-18(17)28-4;/h5-9H,1,10-15H2,2-4H3,(H,21,22);1H. The highest BCUT2D eigenvalue weighted by molar-refractivity contribution is 14.0. The van der Waals surface area contributed by atoms with Crippen LogP contribution in [0.2, 0.25) is 0 Å². The lowest BCUT2D eigenvalue weighted by molar-refractivity contribution is 0.367. The van der Waals surface area contributed by atoms with Gasteiger partial charge in [-0.1, -0.05) is 18.2 Å². The molecule has 0 radical (unpaired) electrons. The van der Waals surface area contributed by atoms with Crippen molar-refractivity contribution in [2.24, 2.45) is 12.0 Å². The van der Waals surface area contributed by atoms with Gasteiger partial charge in [-0.25, -0.2) is 4.99 Å². The van der Waals surface area contributed by atoms with Crippen LogP contribution in [0.3, 0.4) is 0 Å². The highest BCUT2D eigenvalue weighted by atomic mass is 127. The summed E-state index contributed by atoms with van der Waals surface area (Å²) in [6.45, 7) is 10.4. The molecule has 8 nitrogen and oxygen atoms in total. The summed E-state index contributed by atoms with van der Waals surface area (Å²) >= 11 is 0.